The number of amides is 2. The molecule has 3 heterocycles. The Hall–Kier alpha value is -6.27. The van der Waals surface area contributed by atoms with Crippen molar-refractivity contribution >= 4 is 79.4 Å². The fourth-order valence-corrected chi connectivity index (χ4v) is 9.10. The van der Waals surface area contributed by atoms with E-state index in [1.807, 2.05) is 121 Å². The van der Waals surface area contributed by atoms with E-state index in [0.717, 1.165) is 86.2 Å². The number of nitrogens with zero attached hydrogens (tertiary/aromatic N) is 4. The summed E-state index contributed by atoms with van der Waals surface area (Å²) in [6.45, 7) is 0. The number of carbonyl (C=O) groups is 2. The van der Waals surface area contributed by atoms with E-state index in [-0.39, 0.29) is 30.2 Å². The third-order valence-corrected chi connectivity index (χ3v) is 11.8. The van der Waals surface area contributed by atoms with Crippen LogP contribution in [0.25, 0.3) is 21.5 Å². The zero-order chi connectivity index (χ0) is 37.1. The van der Waals surface area contributed by atoms with Gasteiger partial charge in [-0.25, -0.2) is 4.79 Å². The Kier molecular flexibility index (Phi) is 9.55. The third kappa shape index (κ3) is 7.33. The number of hydrogen-bond acceptors (Lipinski definition) is 10. The smallest absolute Gasteiger partial charge is 0.315 e. The lowest BCUT2D eigenvalue weighted by molar-refractivity contribution is -0.134. The first kappa shape index (κ1) is 34.5. The second-order valence-electron chi connectivity index (χ2n) is 13.9. The van der Waals surface area contributed by atoms with Crippen LogP contribution in [0.4, 0.5) is 38.9 Å². The maximum absolute atomic E-state index is 12.6. The van der Waals surface area contributed by atoms with Crippen LogP contribution in [0.15, 0.2) is 142 Å². The van der Waals surface area contributed by atoms with Gasteiger partial charge in [0, 0.05) is 50.3 Å². The maximum Gasteiger partial charge on any atom is 0.315 e. The number of hydrogen-bond donors (Lipinski definition) is 4. The van der Waals surface area contributed by atoms with Gasteiger partial charge in [0.2, 0.25) is 0 Å². The molecule has 0 aromatic heterocycles. The molecule has 9 rings (SSSR count). The van der Waals surface area contributed by atoms with Gasteiger partial charge < -0.3 is 26.0 Å². The van der Waals surface area contributed by atoms with E-state index >= 15 is 0 Å². The highest BCUT2D eigenvalue weighted by Crippen LogP contribution is 2.43. The second kappa shape index (κ2) is 15.2. The fourth-order valence-electron chi connectivity index (χ4n) is 7.56. The molecule has 11 nitrogen and oxygen atoms in total. The first-order valence-corrected chi connectivity index (χ1v) is 19.6. The Labute approximate surface area is 322 Å². The first-order valence-electron chi connectivity index (χ1n) is 18.5. The van der Waals surface area contributed by atoms with Crippen LogP contribution in [0.3, 0.4) is 0 Å². The Morgan fingerprint density at radius 1 is 0.655 bits per heavy atom. The van der Waals surface area contributed by atoms with Gasteiger partial charge in [-0.3, -0.25) is 4.79 Å². The monoisotopic (exact) mass is 746 g/mol. The molecule has 6 aromatic rings. The molecule has 0 saturated carbocycles. The molecule has 0 aliphatic carbocycles. The molecule has 4 N–H and O–H groups in total. The van der Waals surface area contributed by atoms with Crippen molar-refractivity contribution in [2.45, 2.75) is 49.2 Å². The van der Waals surface area contributed by atoms with Crippen LogP contribution in [-0.2, 0) is 4.79 Å². The van der Waals surface area contributed by atoms with Gasteiger partial charge in [-0.1, -0.05) is 73.2 Å². The summed E-state index contributed by atoms with van der Waals surface area (Å²) < 4.78 is 5.66. The Bertz CT molecular complexity index is 2450. The second-order valence-corrected chi connectivity index (χ2v) is 15.1. The molecule has 3 aliphatic heterocycles. The summed E-state index contributed by atoms with van der Waals surface area (Å²) in [7, 11) is 0. The van der Waals surface area contributed by atoms with Gasteiger partial charge in [0.25, 0.3) is 0 Å². The van der Waals surface area contributed by atoms with Gasteiger partial charge in [-0.05, 0) is 73.0 Å². The molecule has 12 heteroatoms. The fraction of sp³-hybridized carbons (Fsp3) is 0.209. The number of unbranched alkanes of at least 4 members (excludes halogenated alkanes) is 1. The predicted molar refractivity (Wildman–Crippen MR) is 219 cm³/mol. The van der Waals surface area contributed by atoms with Crippen molar-refractivity contribution in [2.24, 2.45) is 20.5 Å². The van der Waals surface area contributed by atoms with Crippen LogP contribution in [0, 0.1) is 0 Å². The highest BCUT2D eigenvalue weighted by Gasteiger charge is 2.42. The van der Waals surface area contributed by atoms with E-state index in [1.54, 1.807) is 0 Å². The minimum Gasteiger partial charge on any atom is -0.427 e. The number of rotatable bonds is 11. The summed E-state index contributed by atoms with van der Waals surface area (Å²) in [5, 5.41) is 36.0. The number of urea groups is 1. The van der Waals surface area contributed by atoms with E-state index in [1.165, 1.54) is 0 Å². The molecule has 274 valence electrons. The summed E-state index contributed by atoms with van der Waals surface area (Å²) in [6, 6.07) is 39.7. The molecule has 2 amide bonds. The number of nitrogens with one attached hydrogen (secondary N) is 4. The molecular formula is C43H38N8O3S. The first-order chi connectivity index (χ1) is 27.1. The zero-order valence-electron chi connectivity index (χ0n) is 29.8. The number of thioether (sulfide) groups is 1. The molecule has 6 aromatic carbocycles. The Morgan fingerprint density at radius 3 is 2.07 bits per heavy atom. The minimum absolute atomic E-state index is 0.0715. The van der Waals surface area contributed by atoms with Crippen molar-refractivity contribution in [2.75, 3.05) is 16.4 Å². The third-order valence-electron chi connectivity index (χ3n) is 10.3. The molecule has 1 unspecified atom stereocenters. The van der Waals surface area contributed by atoms with Crippen LogP contribution in [0.2, 0.25) is 0 Å². The summed E-state index contributed by atoms with van der Waals surface area (Å²) >= 11 is 1.89. The summed E-state index contributed by atoms with van der Waals surface area (Å²) in [5.41, 5.74) is 6.04. The average molecular weight is 747 g/mol. The van der Waals surface area contributed by atoms with Gasteiger partial charge in [-0.2, -0.15) is 16.9 Å². The van der Waals surface area contributed by atoms with Crippen molar-refractivity contribution in [3.63, 3.8) is 0 Å². The topological polar surface area (TPSA) is 141 Å². The van der Waals surface area contributed by atoms with Gasteiger partial charge in [0.1, 0.15) is 11.9 Å². The average Bonchev–Trinajstić information content (AvgIpc) is 3.78. The quantitative estimate of drug-likeness (QED) is 0.0342. The van der Waals surface area contributed by atoms with Gasteiger partial charge in [-0.15, -0.1) is 15.3 Å². The van der Waals surface area contributed by atoms with Crippen molar-refractivity contribution in [3.05, 3.63) is 127 Å². The van der Waals surface area contributed by atoms with E-state index in [2.05, 4.69) is 43.6 Å². The van der Waals surface area contributed by atoms with Crippen LogP contribution in [0.5, 0.6) is 5.75 Å². The standard InChI is InChI=1S/C43H38N8O3S/c52-39(16-7-6-15-38-41-37(25-55-38)46-43(53)47-41)54-28-19-17-26(18-20-28)42-44-35-14-8-13-31-34(23-24-36(45-42)40(31)35)51-50-33-22-21-32(29-11-4-5-12-30(29)33)49-48-27-9-2-1-3-10-27/h1-5,8-14,17-24,37-38,41-42,44-45H,6-7,15-16,25H2,(H2,46,47,53)/t37-,38-,41-,42?/m1/s1. The molecule has 0 spiro atoms. The van der Waals surface area contributed by atoms with E-state index in [9.17, 15) is 9.59 Å². The van der Waals surface area contributed by atoms with Gasteiger partial charge in [0.05, 0.1) is 34.8 Å². The van der Waals surface area contributed by atoms with E-state index in [0.29, 0.717) is 17.4 Å². The largest absolute Gasteiger partial charge is 0.427 e. The van der Waals surface area contributed by atoms with Crippen LogP contribution >= 0.6 is 11.8 Å². The molecule has 4 atom stereocenters. The highest BCUT2D eigenvalue weighted by molar-refractivity contribution is 8.00. The summed E-state index contributed by atoms with van der Waals surface area (Å²) in [4.78, 5) is 24.2. The normalized spacial score (nSPS) is 20.0. The Balaban J connectivity index is 0.840. The SMILES string of the molecule is O=C1N[C@@H]2[C@@H](CS[C@@H]2CCCCC(=O)Oc2ccc(C3Nc4cccc5c(N=Nc6ccc(N=Nc7ccccc7)c7ccccc67)ccc(c45)N3)cc2)N1. The molecule has 2 saturated heterocycles. The van der Waals surface area contributed by atoms with Crippen molar-refractivity contribution in [3.8, 4) is 5.75 Å². The number of esters is 1. The summed E-state index contributed by atoms with van der Waals surface area (Å²) in [6.07, 6.45) is 2.81. The molecule has 2 fully saturated rings. The van der Waals surface area contributed by atoms with Crippen molar-refractivity contribution in [1.82, 2.24) is 10.6 Å². The lowest BCUT2D eigenvalue weighted by Crippen LogP contribution is -2.36. The number of anilines is 2. The Morgan fingerprint density at radius 2 is 1.31 bits per heavy atom. The lowest BCUT2D eigenvalue weighted by Gasteiger charge is -2.30. The number of fused-ring (bicyclic) bond motifs is 2. The van der Waals surface area contributed by atoms with Gasteiger partial charge in [0.15, 0.2) is 0 Å². The number of carbonyl (C=O) groups excluding carboxylic acids is 2. The molecule has 55 heavy (non-hydrogen) atoms. The predicted octanol–water partition coefficient (Wildman–Crippen LogP) is 11.0. The summed E-state index contributed by atoms with van der Waals surface area (Å²) in [5.74, 6) is 1.22. The lowest BCUT2D eigenvalue weighted by atomic mass is 10.0. The highest BCUT2D eigenvalue weighted by atomic mass is 32.2. The molecule has 0 radical (unpaired) electrons. The number of ether oxygens (including phenoxy) is 1. The number of benzene rings is 6. The van der Waals surface area contributed by atoms with Crippen molar-refractivity contribution in [1.29, 1.82) is 0 Å². The van der Waals surface area contributed by atoms with Crippen LogP contribution < -0.4 is 26.0 Å². The van der Waals surface area contributed by atoms with Crippen LogP contribution in [0.1, 0.15) is 37.4 Å². The molecular weight excluding hydrogens is 709 g/mol. The van der Waals surface area contributed by atoms with E-state index < -0.39 is 0 Å². The molecule has 3 aliphatic rings. The van der Waals surface area contributed by atoms with Gasteiger partial charge >= 0.3 is 12.0 Å². The zero-order valence-corrected chi connectivity index (χ0v) is 30.6. The number of azo groups is 2. The molecule has 0 bridgehead atoms. The minimum atomic E-state index is -0.237. The van der Waals surface area contributed by atoms with Crippen LogP contribution in [-0.4, -0.2) is 35.1 Å². The van der Waals surface area contributed by atoms with E-state index in [4.69, 9.17) is 15.0 Å². The maximum atomic E-state index is 12.6. The van der Waals surface area contributed by atoms with Crippen molar-refractivity contribution < 1.29 is 14.3 Å².